The minimum Gasteiger partial charge on any atom is -0.496 e. The third kappa shape index (κ3) is 5.74. The number of rotatable bonds is 8. The number of carbonyl (C=O) groups is 2. The highest BCUT2D eigenvalue weighted by atomic mass is 16.5. The second-order valence-electron chi connectivity index (χ2n) is 6.49. The number of urea groups is 1. The van der Waals surface area contributed by atoms with E-state index in [9.17, 15) is 9.59 Å². The Kier molecular flexibility index (Phi) is 7.23. The van der Waals surface area contributed by atoms with Gasteiger partial charge in [0.15, 0.2) is 0 Å². The van der Waals surface area contributed by atoms with Crippen LogP contribution in [0.1, 0.15) is 25.8 Å². The van der Waals surface area contributed by atoms with Gasteiger partial charge in [-0.3, -0.25) is 4.79 Å². The van der Waals surface area contributed by atoms with E-state index >= 15 is 0 Å². The fraction of sp³-hybridized carbons (Fsp3) is 0.333. The molecule has 27 heavy (non-hydrogen) atoms. The van der Waals surface area contributed by atoms with Gasteiger partial charge in [0, 0.05) is 24.7 Å². The van der Waals surface area contributed by atoms with E-state index in [1.807, 2.05) is 62.4 Å². The molecule has 0 aliphatic rings. The number of carbonyl (C=O) groups excluding carboxylic acids is 1. The Labute approximate surface area is 159 Å². The van der Waals surface area contributed by atoms with Crippen molar-refractivity contribution in [2.45, 2.75) is 32.9 Å². The van der Waals surface area contributed by atoms with Crippen LogP contribution >= 0.6 is 0 Å². The first-order chi connectivity index (χ1) is 12.9. The average Bonchev–Trinajstić information content (AvgIpc) is 2.66. The highest BCUT2D eigenvalue weighted by Crippen LogP contribution is 2.29. The highest BCUT2D eigenvalue weighted by Gasteiger charge is 2.17. The monoisotopic (exact) mass is 370 g/mol. The molecule has 0 unspecified atom stereocenters. The number of carboxylic acids is 1. The molecular formula is C21H26N2O4. The van der Waals surface area contributed by atoms with Gasteiger partial charge >= 0.3 is 12.0 Å². The predicted molar refractivity (Wildman–Crippen MR) is 105 cm³/mol. The Morgan fingerprint density at radius 2 is 1.78 bits per heavy atom. The summed E-state index contributed by atoms with van der Waals surface area (Å²) in [7, 11) is 1.65. The molecule has 2 aromatic carbocycles. The number of nitrogens with one attached hydrogen (secondary N) is 1. The summed E-state index contributed by atoms with van der Waals surface area (Å²) in [6.07, 6.45) is -0.0920. The van der Waals surface area contributed by atoms with Crippen molar-refractivity contribution in [2.24, 2.45) is 0 Å². The third-order valence-electron chi connectivity index (χ3n) is 4.22. The zero-order valence-corrected chi connectivity index (χ0v) is 15.9. The molecule has 2 amide bonds. The lowest BCUT2D eigenvalue weighted by Gasteiger charge is -2.27. The number of nitrogens with zero attached hydrogens (tertiary/aromatic N) is 1. The number of para-hydroxylation sites is 1. The molecule has 0 atom stereocenters. The van der Waals surface area contributed by atoms with Gasteiger partial charge in [-0.2, -0.15) is 0 Å². The largest absolute Gasteiger partial charge is 0.496 e. The first-order valence-electron chi connectivity index (χ1n) is 8.91. The lowest BCUT2D eigenvalue weighted by atomic mass is 10.0. The zero-order chi connectivity index (χ0) is 19.8. The van der Waals surface area contributed by atoms with E-state index in [0.29, 0.717) is 6.54 Å². The molecular weight excluding hydrogens is 344 g/mol. The van der Waals surface area contributed by atoms with Gasteiger partial charge in [-0.05, 0) is 31.0 Å². The molecule has 144 valence electrons. The SMILES string of the molecule is COc1ccccc1-c1ccc(CN(C(=O)NCCC(=O)O)C(C)C)cc1. The molecule has 0 aliphatic heterocycles. The Bertz CT molecular complexity index is 772. The maximum atomic E-state index is 12.3. The van der Waals surface area contributed by atoms with Gasteiger partial charge < -0.3 is 20.1 Å². The minimum atomic E-state index is -0.932. The first kappa shape index (κ1) is 20.3. The topological polar surface area (TPSA) is 78.9 Å². The van der Waals surface area contributed by atoms with Crippen LogP contribution in [-0.2, 0) is 11.3 Å². The lowest BCUT2D eigenvalue weighted by Crippen LogP contribution is -2.44. The number of aliphatic carboxylic acids is 1. The van der Waals surface area contributed by atoms with E-state index in [-0.39, 0.29) is 25.0 Å². The molecule has 0 aromatic heterocycles. The van der Waals surface area contributed by atoms with Crippen molar-refractivity contribution >= 4 is 12.0 Å². The molecule has 0 aliphatic carbocycles. The lowest BCUT2D eigenvalue weighted by molar-refractivity contribution is -0.136. The minimum absolute atomic E-state index is 0.0104. The molecule has 0 saturated heterocycles. The highest BCUT2D eigenvalue weighted by molar-refractivity contribution is 5.75. The Morgan fingerprint density at radius 3 is 2.37 bits per heavy atom. The summed E-state index contributed by atoms with van der Waals surface area (Å²) in [4.78, 5) is 24.6. The normalized spacial score (nSPS) is 10.5. The quantitative estimate of drug-likeness (QED) is 0.742. The van der Waals surface area contributed by atoms with Crippen LogP contribution in [0.4, 0.5) is 4.79 Å². The fourth-order valence-electron chi connectivity index (χ4n) is 2.74. The predicted octanol–water partition coefficient (Wildman–Crippen LogP) is 3.76. The number of hydrogen-bond donors (Lipinski definition) is 2. The molecule has 2 N–H and O–H groups in total. The van der Waals surface area contributed by atoms with E-state index in [2.05, 4.69) is 5.32 Å². The molecule has 2 rings (SSSR count). The average molecular weight is 370 g/mol. The van der Waals surface area contributed by atoms with Crippen LogP contribution < -0.4 is 10.1 Å². The van der Waals surface area contributed by atoms with Gasteiger partial charge in [0.25, 0.3) is 0 Å². The second kappa shape index (κ2) is 9.62. The van der Waals surface area contributed by atoms with Gasteiger partial charge in [-0.15, -0.1) is 0 Å². The van der Waals surface area contributed by atoms with E-state index in [1.165, 1.54) is 0 Å². The molecule has 0 fully saturated rings. The molecule has 2 aromatic rings. The van der Waals surface area contributed by atoms with Crippen molar-refractivity contribution in [1.29, 1.82) is 0 Å². The van der Waals surface area contributed by atoms with Crippen molar-refractivity contribution < 1.29 is 19.4 Å². The Balaban J connectivity index is 2.08. The number of methoxy groups -OCH3 is 1. The second-order valence-corrected chi connectivity index (χ2v) is 6.49. The van der Waals surface area contributed by atoms with Crippen molar-refractivity contribution in [3.63, 3.8) is 0 Å². The summed E-state index contributed by atoms with van der Waals surface area (Å²) in [5, 5.41) is 11.4. The first-order valence-corrected chi connectivity index (χ1v) is 8.91. The Hall–Kier alpha value is -3.02. The van der Waals surface area contributed by atoms with Crippen LogP contribution in [0.5, 0.6) is 5.75 Å². The third-order valence-corrected chi connectivity index (χ3v) is 4.22. The molecule has 0 radical (unpaired) electrons. The zero-order valence-electron chi connectivity index (χ0n) is 15.9. The van der Waals surface area contributed by atoms with Crippen LogP contribution in [0.2, 0.25) is 0 Å². The fourth-order valence-corrected chi connectivity index (χ4v) is 2.74. The van der Waals surface area contributed by atoms with Crippen molar-refractivity contribution in [2.75, 3.05) is 13.7 Å². The number of carboxylic acid groups (broad SMARTS) is 1. The van der Waals surface area contributed by atoms with Crippen LogP contribution in [0.15, 0.2) is 48.5 Å². The molecule has 0 spiro atoms. The van der Waals surface area contributed by atoms with E-state index in [4.69, 9.17) is 9.84 Å². The van der Waals surface area contributed by atoms with Crippen molar-refractivity contribution in [1.82, 2.24) is 10.2 Å². The van der Waals surface area contributed by atoms with E-state index in [0.717, 1.165) is 22.4 Å². The van der Waals surface area contributed by atoms with Gasteiger partial charge in [-0.1, -0.05) is 42.5 Å². The van der Waals surface area contributed by atoms with Crippen LogP contribution in [0, 0.1) is 0 Å². The Morgan fingerprint density at radius 1 is 1.11 bits per heavy atom. The molecule has 0 saturated carbocycles. The molecule has 0 bridgehead atoms. The summed E-state index contributed by atoms with van der Waals surface area (Å²) in [6.45, 7) is 4.42. The summed E-state index contributed by atoms with van der Waals surface area (Å²) >= 11 is 0. The van der Waals surface area contributed by atoms with Gasteiger partial charge in [0.2, 0.25) is 0 Å². The molecule has 0 heterocycles. The summed E-state index contributed by atoms with van der Waals surface area (Å²) in [6, 6.07) is 15.5. The van der Waals surface area contributed by atoms with Gasteiger partial charge in [0.05, 0.1) is 13.5 Å². The van der Waals surface area contributed by atoms with Crippen LogP contribution in [0.3, 0.4) is 0 Å². The maximum Gasteiger partial charge on any atom is 0.317 e. The number of benzene rings is 2. The standard InChI is InChI=1S/C21H26N2O4/c1-15(2)23(21(26)22-13-12-20(24)25)14-16-8-10-17(11-9-16)18-6-4-5-7-19(18)27-3/h4-11,15H,12-14H2,1-3H3,(H,22,26)(H,24,25). The van der Waals surface area contributed by atoms with Gasteiger partial charge in [-0.25, -0.2) is 4.79 Å². The summed E-state index contributed by atoms with van der Waals surface area (Å²) < 4.78 is 5.41. The van der Waals surface area contributed by atoms with Crippen LogP contribution in [0.25, 0.3) is 11.1 Å². The smallest absolute Gasteiger partial charge is 0.317 e. The summed E-state index contributed by atoms with van der Waals surface area (Å²) in [5.41, 5.74) is 3.05. The van der Waals surface area contributed by atoms with E-state index < -0.39 is 5.97 Å². The molecule has 6 nitrogen and oxygen atoms in total. The number of ether oxygens (including phenoxy) is 1. The maximum absolute atomic E-state index is 12.3. The van der Waals surface area contributed by atoms with Crippen molar-refractivity contribution in [3.05, 3.63) is 54.1 Å². The number of hydrogen-bond acceptors (Lipinski definition) is 3. The molecule has 6 heteroatoms. The van der Waals surface area contributed by atoms with Crippen molar-refractivity contribution in [3.8, 4) is 16.9 Å². The number of amides is 2. The van der Waals surface area contributed by atoms with Gasteiger partial charge in [0.1, 0.15) is 5.75 Å². The van der Waals surface area contributed by atoms with Crippen LogP contribution in [-0.4, -0.2) is 41.7 Å². The summed E-state index contributed by atoms with van der Waals surface area (Å²) in [5.74, 6) is -0.120. The van der Waals surface area contributed by atoms with E-state index in [1.54, 1.807) is 12.0 Å².